The van der Waals surface area contributed by atoms with Crippen LogP contribution >= 0.6 is 0 Å². The summed E-state index contributed by atoms with van der Waals surface area (Å²) in [7, 11) is 3.06. The number of methoxy groups -OCH3 is 2. The van der Waals surface area contributed by atoms with Crippen molar-refractivity contribution < 1.29 is 19.0 Å². The number of carbonyl (C=O) groups excluding carboxylic acids is 1. The van der Waals surface area contributed by atoms with E-state index in [9.17, 15) is 4.79 Å². The molecule has 1 heterocycles. The van der Waals surface area contributed by atoms with Gasteiger partial charge in [0, 0.05) is 29.3 Å². The lowest BCUT2D eigenvalue weighted by Gasteiger charge is -2.15. The van der Waals surface area contributed by atoms with Crippen LogP contribution in [0.4, 0.5) is 0 Å². The van der Waals surface area contributed by atoms with E-state index >= 15 is 0 Å². The van der Waals surface area contributed by atoms with Crippen LogP contribution in [-0.2, 0) is 0 Å². The van der Waals surface area contributed by atoms with E-state index in [0.29, 0.717) is 51.7 Å². The monoisotopic (exact) mass is 447 g/mol. The van der Waals surface area contributed by atoms with Crippen molar-refractivity contribution in [2.24, 2.45) is 22.0 Å². The molecule has 1 saturated carbocycles. The number of nitrogens with two attached hydrogens (primary N) is 1. The van der Waals surface area contributed by atoms with E-state index in [1.807, 2.05) is 6.07 Å². The molecule has 170 valence electrons. The Labute approximate surface area is 191 Å². The average Bonchev–Trinajstić information content (AvgIpc) is 3.69. The van der Waals surface area contributed by atoms with E-state index in [1.165, 1.54) is 20.4 Å². The first-order valence-electron chi connectivity index (χ1n) is 10.4. The van der Waals surface area contributed by atoms with Gasteiger partial charge in [-0.25, -0.2) is 0 Å². The Bertz CT molecular complexity index is 1240. The van der Waals surface area contributed by atoms with Crippen molar-refractivity contribution >= 4 is 29.1 Å². The number of amidine groups is 1. The maximum absolute atomic E-state index is 13.7. The van der Waals surface area contributed by atoms with Crippen LogP contribution in [0.5, 0.6) is 17.2 Å². The van der Waals surface area contributed by atoms with Crippen molar-refractivity contribution in [3.63, 3.8) is 0 Å². The highest BCUT2D eigenvalue weighted by Crippen LogP contribution is 2.36. The summed E-state index contributed by atoms with van der Waals surface area (Å²) >= 11 is 0. The summed E-state index contributed by atoms with van der Waals surface area (Å²) in [6.07, 6.45) is 3.83. The van der Waals surface area contributed by atoms with Crippen molar-refractivity contribution in [2.75, 3.05) is 20.8 Å². The summed E-state index contributed by atoms with van der Waals surface area (Å²) in [4.78, 5) is 18.1. The van der Waals surface area contributed by atoms with Crippen LogP contribution in [0.2, 0.25) is 0 Å². The number of nitrogens with zero attached hydrogens (tertiary/aromatic N) is 3. The number of hydrazone groups is 2. The number of fused-ring (bicyclic) bond motifs is 1. The van der Waals surface area contributed by atoms with Crippen LogP contribution in [0.1, 0.15) is 34.5 Å². The maximum atomic E-state index is 13.7. The standard InChI is InChI=1S/C24H25N5O4/c1-26-29-24(28-25)18-12-27-22(17-11-21(32-3)20(31-2)10-16(17)18)23(30)15-6-4-5-7-19(15)33-13-14-8-9-14/h4-7,10-12,14H,1,8-9,13,25H2,2-3H3,(H,28,29). The number of aromatic nitrogens is 1. The Morgan fingerprint density at radius 2 is 1.82 bits per heavy atom. The first-order valence-corrected chi connectivity index (χ1v) is 10.4. The zero-order valence-electron chi connectivity index (χ0n) is 18.5. The first kappa shape index (κ1) is 22.1. The molecule has 33 heavy (non-hydrogen) atoms. The highest BCUT2D eigenvalue weighted by atomic mass is 16.5. The second kappa shape index (κ2) is 9.56. The molecular weight excluding hydrogens is 422 g/mol. The van der Waals surface area contributed by atoms with E-state index in [1.54, 1.807) is 30.3 Å². The minimum Gasteiger partial charge on any atom is -0.493 e. The van der Waals surface area contributed by atoms with Gasteiger partial charge in [-0.2, -0.15) is 10.2 Å². The van der Waals surface area contributed by atoms with E-state index < -0.39 is 0 Å². The normalized spacial score (nSPS) is 13.5. The predicted molar refractivity (Wildman–Crippen MR) is 126 cm³/mol. The van der Waals surface area contributed by atoms with Crippen LogP contribution in [0.15, 0.2) is 52.8 Å². The Morgan fingerprint density at radius 1 is 1.12 bits per heavy atom. The number of pyridine rings is 1. The molecule has 1 aromatic heterocycles. The lowest BCUT2D eigenvalue weighted by Crippen LogP contribution is -2.21. The Hall–Kier alpha value is -4.14. The molecule has 3 aromatic rings. The molecule has 1 aliphatic rings. The second-order valence-electron chi connectivity index (χ2n) is 7.60. The number of ether oxygens (including phenoxy) is 3. The smallest absolute Gasteiger partial charge is 0.215 e. The van der Waals surface area contributed by atoms with Gasteiger partial charge in [0.2, 0.25) is 5.78 Å². The molecule has 0 aliphatic heterocycles. The van der Waals surface area contributed by atoms with Crippen LogP contribution in [0.25, 0.3) is 10.8 Å². The zero-order valence-corrected chi connectivity index (χ0v) is 18.5. The molecule has 2 aromatic carbocycles. The van der Waals surface area contributed by atoms with Crippen molar-refractivity contribution in [2.45, 2.75) is 12.8 Å². The van der Waals surface area contributed by atoms with E-state index in [0.717, 1.165) is 12.8 Å². The lowest BCUT2D eigenvalue weighted by atomic mass is 9.98. The van der Waals surface area contributed by atoms with Gasteiger partial charge in [-0.05, 0) is 43.0 Å². The van der Waals surface area contributed by atoms with Crippen LogP contribution in [-0.4, -0.2) is 44.1 Å². The molecule has 0 saturated heterocycles. The number of carbonyl (C=O) groups is 1. The Kier molecular flexibility index (Phi) is 6.39. The Balaban J connectivity index is 1.88. The number of hydrogen-bond donors (Lipinski definition) is 2. The number of nitrogens with one attached hydrogen (secondary N) is 1. The van der Waals surface area contributed by atoms with Gasteiger partial charge in [0.25, 0.3) is 0 Å². The molecular formula is C24H25N5O4. The summed E-state index contributed by atoms with van der Waals surface area (Å²) in [5.41, 5.74) is 3.85. The van der Waals surface area contributed by atoms with Crippen molar-refractivity contribution in [3.05, 3.63) is 59.4 Å². The minimum absolute atomic E-state index is 0.236. The van der Waals surface area contributed by atoms with Gasteiger partial charge in [0.15, 0.2) is 17.3 Å². The molecule has 0 bridgehead atoms. The molecule has 3 N–H and O–H groups in total. The summed E-state index contributed by atoms with van der Waals surface area (Å²) < 4.78 is 16.9. The van der Waals surface area contributed by atoms with E-state index in [4.69, 9.17) is 20.1 Å². The largest absolute Gasteiger partial charge is 0.493 e. The molecule has 9 heteroatoms. The SMILES string of the molecule is C=NNC(=NN)c1cnc(C(=O)c2ccccc2OCC2CC2)c2cc(OC)c(OC)cc12. The molecule has 0 unspecified atom stereocenters. The molecule has 1 aliphatic carbocycles. The third-order valence-electron chi connectivity index (χ3n) is 5.48. The lowest BCUT2D eigenvalue weighted by molar-refractivity contribution is 0.103. The predicted octanol–water partition coefficient (Wildman–Crippen LogP) is 3.10. The second-order valence-corrected chi connectivity index (χ2v) is 7.60. The van der Waals surface area contributed by atoms with Gasteiger partial charge in [-0.1, -0.05) is 12.1 Å². The third-order valence-corrected chi connectivity index (χ3v) is 5.48. The number of hydrogen-bond acceptors (Lipinski definition) is 8. The van der Waals surface area contributed by atoms with Gasteiger partial charge >= 0.3 is 0 Å². The summed E-state index contributed by atoms with van der Waals surface area (Å²) in [5, 5.41) is 8.56. The molecule has 4 rings (SSSR count). The zero-order chi connectivity index (χ0) is 23.4. The number of ketones is 1. The topological polar surface area (TPSA) is 120 Å². The van der Waals surface area contributed by atoms with Crippen molar-refractivity contribution in [1.29, 1.82) is 0 Å². The highest BCUT2D eigenvalue weighted by Gasteiger charge is 2.25. The summed E-state index contributed by atoms with van der Waals surface area (Å²) in [6, 6.07) is 10.6. The molecule has 0 atom stereocenters. The van der Waals surface area contributed by atoms with E-state index in [2.05, 4.69) is 27.3 Å². The highest BCUT2D eigenvalue weighted by molar-refractivity contribution is 6.19. The van der Waals surface area contributed by atoms with Crippen LogP contribution < -0.4 is 25.5 Å². The number of benzene rings is 2. The molecule has 0 spiro atoms. The van der Waals surface area contributed by atoms with Crippen molar-refractivity contribution in [3.8, 4) is 17.2 Å². The average molecular weight is 447 g/mol. The molecule has 0 radical (unpaired) electrons. The fourth-order valence-electron chi connectivity index (χ4n) is 3.57. The first-order chi connectivity index (χ1) is 16.1. The molecule has 0 amide bonds. The quantitative estimate of drug-likeness (QED) is 0.170. The van der Waals surface area contributed by atoms with Gasteiger partial charge in [0.05, 0.1) is 26.4 Å². The van der Waals surface area contributed by atoms with Gasteiger partial charge < -0.3 is 20.1 Å². The van der Waals surface area contributed by atoms with Gasteiger partial charge in [-0.3, -0.25) is 15.2 Å². The van der Waals surface area contributed by atoms with Crippen LogP contribution in [0, 0.1) is 5.92 Å². The van der Waals surface area contributed by atoms with Crippen molar-refractivity contribution in [1.82, 2.24) is 10.4 Å². The number of rotatable bonds is 9. The Morgan fingerprint density at radius 3 is 2.45 bits per heavy atom. The summed E-state index contributed by atoms with van der Waals surface area (Å²) in [5.74, 6) is 7.55. The maximum Gasteiger partial charge on any atom is 0.215 e. The van der Waals surface area contributed by atoms with Gasteiger partial charge in [0.1, 0.15) is 11.4 Å². The summed E-state index contributed by atoms with van der Waals surface area (Å²) in [6.45, 7) is 4.01. The van der Waals surface area contributed by atoms with Gasteiger partial charge in [-0.15, -0.1) is 0 Å². The van der Waals surface area contributed by atoms with E-state index in [-0.39, 0.29) is 17.3 Å². The third kappa shape index (κ3) is 4.43. The molecule has 9 nitrogen and oxygen atoms in total. The number of para-hydroxylation sites is 1. The fraction of sp³-hybridized carbons (Fsp3) is 0.250. The fourth-order valence-corrected chi connectivity index (χ4v) is 3.57. The molecule has 1 fully saturated rings. The minimum atomic E-state index is -0.272. The van der Waals surface area contributed by atoms with Crippen LogP contribution in [0.3, 0.4) is 0 Å².